The van der Waals surface area contributed by atoms with Crippen molar-refractivity contribution in [2.75, 3.05) is 33.3 Å². The number of hydrogen-bond donors (Lipinski definition) is 1. The van der Waals surface area contributed by atoms with Gasteiger partial charge in [0, 0.05) is 28.9 Å². The molecule has 1 N–H and O–H groups in total. The number of likely N-dealkylation sites (tertiary alicyclic amines) is 1. The summed E-state index contributed by atoms with van der Waals surface area (Å²) in [5.41, 5.74) is 6.34. The van der Waals surface area contributed by atoms with Gasteiger partial charge in [0.25, 0.3) is 0 Å². The number of amides is 1. The lowest BCUT2D eigenvalue weighted by atomic mass is 9.68. The van der Waals surface area contributed by atoms with Crippen molar-refractivity contribution in [2.24, 2.45) is 0 Å². The van der Waals surface area contributed by atoms with E-state index in [1.54, 1.807) is 17.4 Å². The molecule has 2 aromatic carbocycles. The fourth-order valence-electron chi connectivity index (χ4n) is 6.62. The average molecular weight is 554 g/mol. The molecular formula is C34H39N3O4. The minimum absolute atomic E-state index is 0.00976. The van der Waals surface area contributed by atoms with E-state index in [-0.39, 0.29) is 5.41 Å². The fraction of sp³-hybridized carbons (Fsp3) is 0.353. The van der Waals surface area contributed by atoms with Gasteiger partial charge in [-0.15, -0.1) is 0 Å². The van der Waals surface area contributed by atoms with E-state index >= 15 is 0 Å². The summed E-state index contributed by atoms with van der Waals surface area (Å²) in [6.45, 7) is 7.19. The molecule has 0 spiro atoms. The Morgan fingerprint density at radius 2 is 1.66 bits per heavy atom. The van der Waals surface area contributed by atoms with Crippen LogP contribution in [0.15, 0.2) is 106 Å². The predicted molar refractivity (Wildman–Crippen MR) is 159 cm³/mol. The maximum absolute atomic E-state index is 12.8. The highest BCUT2D eigenvalue weighted by Gasteiger charge is 2.39. The molecule has 0 bridgehead atoms. The number of piperidine rings is 1. The molecule has 2 aliphatic rings. The third-order valence-corrected chi connectivity index (χ3v) is 8.68. The molecule has 1 amide bonds. The standard InChI is InChI=1S/C34H39N3O4/c1-25-30(33(39)40-3)31(27-15-22-41-23-27)32(26(2)35-25)37(24-38)19-10-18-36-20-16-34(17-21-36,28-11-6-4-7-12-28)29-13-8-5-9-14-29/h4-9,11-15,22-24,31,35H,10,16-21H2,1-3H3. The molecule has 214 valence electrons. The van der Waals surface area contributed by atoms with Crippen molar-refractivity contribution in [1.29, 1.82) is 0 Å². The third kappa shape index (κ3) is 5.72. The van der Waals surface area contributed by atoms with E-state index in [0.29, 0.717) is 17.8 Å². The Labute approximate surface area is 242 Å². The largest absolute Gasteiger partial charge is 0.472 e. The lowest BCUT2D eigenvalue weighted by Gasteiger charge is -2.43. The number of carbonyl (C=O) groups excluding carboxylic acids is 2. The number of allylic oxidation sites excluding steroid dienone is 3. The quantitative estimate of drug-likeness (QED) is 0.261. The topological polar surface area (TPSA) is 75.0 Å². The molecule has 2 aliphatic heterocycles. The summed E-state index contributed by atoms with van der Waals surface area (Å²) in [7, 11) is 1.38. The monoisotopic (exact) mass is 553 g/mol. The lowest BCUT2D eigenvalue weighted by molar-refractivity contribution is -0.136. The van der Waals surface area contributed by atoms with Crippen LogP contribution in [0.5, 0.6) is 0 Å². The van der Waals surface area contributed by atoms with Gasteiger partial charge in [-0.25, -0.2) is 4.79 Å². The number of methoxy groups -OCH3 is 1. The van der Waals surface area contributed by atoms with E-state index in [4.69, 9.17) is 9.15 Å². The first-order chi connectivity index (χ1) is 20.0. The Balaban J connectivity index is 1.28. The second-order valence-corrected chi connectivity index (χ2v) is 11.0. The summed E-state index contributed by atoms with van der Waals surface area (Å²) in [6, 6.07) is 23.6. The average Bonchev–Trinajstić information content (AvgIpc) is 3.55. The summed E-state index contributed by atoms with van der Waals surface area (Å²) in [6.07, 6.45) is 6.98. The van der Waals surface area contributed by atoms with Crippen LogP contribution >= 0.6 is 0 Å². The molecule has 3 aromatic rings. The van der Waals surface area contributed by atoms with Crippen LogP contribution in [-0.2, 0) is 19.7 Å². The Bertz CT molecular complexity index is 1350. The molecule has 7 heteroatoms. The van der Waals surface area contributed by atoms with E-state index in [1.807, 2.05) is 19.9 Å². The minimum atomic E-state index is -0.458. The minimum Gasteiger partial charge on any atom is -0.472 e. The molecule has 1 saturated heterocycles. The summed E-state index contributed by atoms with van der Waals surface area (Å²) in [5, 5.41) is 3.30. The Kier molecular flexibility index (Phi) is 8.74. The van der Waals surface area contributed by atoms with E-state index in [2.05, 4.69) is 70.9 Å². The van der Waals surface area contributed by atoms with Gasteiger partial charge >= 0.3 is 5.97 Å². The van der Waals surface area contributed by atoms with Gasteiger partial charge in [-0.05, 0) is 69.9 Å². The van der Waals surface area contributed by atoms with Gasteiger partial charge in [0.2, 0.25) is 6.41 Å². The molecule has 0 saturated carbocycles. The van der Waals surface area contributed by atoms with Crippen LogP contribution in [0.1, 0.15) is 55.7 Å². The van der Waals surface area contributed by atoms with Crippen molar-refractivity contribution in [3.8, 4) is 0 Å². The van der Waals surface area contributed by atoms with Crippen LogP contribution < -0.4 is 5.32 Å². The maximum Gasteiger partial charge on any atom is 0.336 e. The van der Waals surface area contributed by atoms with E-state index in [1.165, 1.54) is 18.2 Å². The first-order valence-corrected chi connectivity index (χ1v) is 14.3. The molecule has 1 unspecified atom stereocenters. The molecular weight excluding hydrogens is 514 g/mol. The van der Waals surface area contributed by atoms with Gasteiger partial charge in [-0.3, -0.25) is 4.79 Å². The fourth-order valence-corrected chi connectivity index (χ4v) is 6.62. The first kappa shape index (κ1) is 28.4. The van der Waals surface area contributed by atoms with Gasteiger partial charge in [0.15, 0.2) is 0 Å². The Morgan fingerprint density at radius 1 is 1.02 bits per heavy atom. The van der Waals surface area contributed by atoms with Gasteiger partial charge in [-0.2, -0.15) is 0 Å². The molecule has 1 fully saturated rings. The highest BCUT2D eigenvalue weighted by Crippen LogP contribution is 2.42. The van der Waals surface area contributed by atoms with Gasteiger partial charge in [0.05, 0.1) is 36.8 Å². The molecule has 0 aliphatic carbocycles. The maximum atomic E-state index is 12.8. The molecule has 1 aromatic heterocycles. The summed E-state index contributed by atoms with van der Waals surface area (Å²) in [5.74, 6) is -0.884. The number of carbonyl (C=O) groups is 2. The molecule has 7 nitrogen and oxygen atoms in total. The molecule has 41 heavy (non-hydrogen) atoms. The highest BCUT2D eigenvalue weighted by molar-refractivity contribution is 5.92. The molecule has 3 heterocycles. The summed E-state index contributed by atoms with van der Waals surface area (Å²) >= 11 is 0. The third-order valence-electron chi connectivity index (χ3n) is 8.68. The van der Waals surface area contributed by atoms with E-state index in [9.17, 15) is 9.59 Å². The van der Waals surface area contributed by atoms with Gasteiger partial charge in [0.1, 0.15) is 0 Å². The number of ether oxygens (including phenoxy) is 1. The van der Waals surface area contributed by atoms with Crippen LogP contribution in [0.2, 0.25) is 0 Å². The van der Waals surface area contributed by atoms with Crippen LogP contribution in [0.3, 0.4) is 0 Å². The van der Waals surface area contributed by atoms with Gasteiger partial charge in [-0.1, -0.05) is 60.7 Å². The number of dihydropyridines is 1. The summed E-state index contributed by atoms with van der Waals surface area (Å²) in [4.78, 5) is 29.5. The second-order valence-electron chi connectivity index (χ2n) is 11.0. The van der Waals surface area contributed by atoms with Crippen molar-refractivity contribution in [1.82, 2.24) is 15.1 Å². The molecule has 1 atom stereocenters. The summed E-state index contributed by atoms with van der Waals surface area (Å²) < 4.78 is 10.5. The predicted octanol–water partition coefficient (Wildman–Crippen LogP) is 5.58. The number of nitrogens with one attached hydrogen (secondary N) is 1. The highest BCUT2D eigenvalue weighted by atomic mass is 16.5. The Morgan fingerprint density at radius 3 is 2.20 bits per heavy atom. The van der Waals surface area contributed by atoms with Crippen LogP contribution in [0.4, 0.5) is 0 Å². The number of esters is 1. The van der Waals surface area contributed by atoms with Crippen molar-refractivity contribution in [3.05, 3.63) is 119 Å². The van der Waals surface area contributed by atoms with Crippen LogP contribution in [-0.4, -0.2) is 55.5 Å². The SMILES string of the molecule is COC(=O)C1=C(C)NC(C)=C(N(C=O)CCCN2CCC(c3ccccc3)(c3ccccc3)CC2)C1c1ccoc1. The van der Waals surface area contributed by atoms with Crippen molar-refractivity contribution in [2.45, 2.75) is 44.4 Å². The van der Waals surface area contributed by atoms with Crippen LogP contribution in [0, 0.1) is 0 Å². The van der Waals surface area contributed by atoms with Crippen molar-refractivity contribution < 1.29 is 18.7 Å². The lowest BCUT2D eigenvalue weighted by Crippen LogP contribution is -2.44. The molecule has 5 rings (SSSR count). The number of rotatable bonds is 10. The number of benzene rings is 2. The van der Waals surface area contributed by atoms with E-state index in [0.717, 1.165) is 62.3 Å². The smallest absolute Gasteiger partial charge is 0.336 e. The van der Waals surface area contributed by atoms with Crippen molar-refractivity contribution >= 4 is 12.4 Å². The van der Waals surface area contributed by atoms with Crippen LogP contribution in [0.25, 0.3) is 0 Å². The van der Waals surface area contributed by atoms with Crippen molar-refractivity contribution in [3.63, 3.8) is 0 Å². The number of hydrogen-bond acceptors (Lipinski definition) is 6. The normalized spacial score (nSPS) is 19.0. The zero-order chi connectivity index (χ0) is 28.8. The molecule has 0 radical (unpaired) electrons. The number of nitrogens with zero attached hydrogens (tertiary/aromatic N) is 2. The Hall–Kier alpha value is -4.10. The van der Waals surface area contributed by atoms with Gasteiger partial charge < -0.3 is 24.3 Å². The second kappa shape index (κ2) is 12.6. The number of furan rings is 1. The first-order valence-electron chi connectivity index (χ1n) is 14.3. The zero-order valence-electron chi connectivity index (χ0n) is 24.1. The van der Waals surface area contributed by atoms with E-state index < -0.39 is 11.9 Å². The zero-order valence-corrected chi connectivity index (χ0v) is 24.1.